The Morgan fingerprint density at radius 3 is 2.47 bits per heavy atom. The number of nitrogens with zero attached hydrogens (tertiary/aromatic N) is 3. The summed E-state index contributed by atoms with van der Waals surface area (Å²) < 4.78 is 14.2. The molecule has 0 bridgehead atoms. The first-order valence-corrected chi connectivity index (χ1v) is 13.9. The number of likely N-dealkylation sites (N-methyl/N-ethyl adjacent to an activating group) is 1. The molecule has 0 fully saturated rings. The molecular weight excluding hydrogens is 461 g/mol. The van der Waals surface area contributed by atoms with Crippen molar-refractivity contribution < 1.29 is 9.18 Å². The van der Waals surface area contributed by atoms with E-state index in [0.717, 1.165) is 52.1 Å². The Kier molecular flexibility index (Phi) is 9.84. The van der Waals surface area contributed by atoms with Crippen LogP contribution in [0.5, 0.6) is 0 Å². The van der Waals surface area contributed by atoms with E-state index >= 15 is 0 Å². The van der Waals surface area contributed by atoms with Crippen LogP contribution in [0.25, 0.3) is 10.2 Å². The van der Waals surface area contributed by atoms with Crippen molar-refractivity contribution >= 4 is 56.1 Å². The second kappa shape index (κ2) is 12.6. The van der Waals surface area contributed by atoms with Crippen molar-refractivity contribution in [3.8, 4) is 0 Å². The highest BCUT2D eigenvalue weighted by molar-refractivity contribution is 7.99. The molecule has 0 aliphatic carbocycles. The number of thioether (sulfide) groups is 2. The molecule has 0 aliphatic heterocycles. The summed E-state index contributed by atoms with van der Waals surface area (Å²) in [6.45, 7) is 7.68. The second-order valence-corrected chi connectivity index (χ2v) is 10.4. The fraction of sp³-hybridized carbons (Fsp3) is 0.417. The first-order valence-electron chi connectivity index (χ1n) is 10.9. The molecule has 2 aromatic carbocycles. The van der Waals surface area contributed by atoms with E-state index in [0.29, 0.717) is 13.0 Å². The van der Waals surface area contributed by atoms with Crippen LogP contribution in [-0.4, -0.2) is 54.0 Å². The van der Waals surface area contributed by atoms with Crippen molar-refractivity contribution in [2.24, 2.45) is 0 Å². The zero-order chi connectivity index (χ0) is 22.9. The third-order valence-electron chi connectivity index (χ3n) is 5.27. The Labute approximate surface area is 202 Å². The van der Waals surface area contributed by atoms with Gasteiger partial charge >= 0.3 is 0 Å². The average Bonchev–Trinajstić information content (AvgIpc) is 3.23. The van der Waals surface area contributed by atoms with E-state index in [1.807, 2.05) is 11.0 Å². The molecule has 1 amide bonds. The number of anilines is 1. The number of hydrogen-bond donors (Lipinski definition) is 0. The van der Waals surface area contributed by atoms with Gasteiger partial charge in [0.05, 0.1) is 10.2 Å². The van der Waals surface area contributed by atoms with E-state index in [2.05, 4.69) is 37.1 Å². The van der Waals surface area contributed by atoms with Gasteiger partial charge in [0.2, 0.25) is 5.91 Å². The molecule has 32 heavy (non-hydrogen) atoms. The van der Waals surface area contributed by atoms with Gasteiger partial charge in [-0.15, -0.1) is 23.5 Å². The summed E-state index contributed by atoms with van der Waals surface area (Å²) in [7, 11) is 0. The quantitative estimate of drug-likeness (QED) is 0.216. The maximum Gasteiger partial charge on any atom is 0.228 e. The average molecular weight is 492 g/mol. The number of rotatable bonds is 12. The van der Waals surface area contributed by atoms with Crippen molar-refractivity contribution in [3.05, 3.63) is 48.3 Å². The van der Waals surface area contributed by atoms with Crippen molar-refractivity contribution in [2.45, 2.75) is 36.5 Å². The van der Waals surface area contributed by atoms with Crippen LogP contribution in [0, 0.1) is 5.82 Å². The van der Waals surface area contributed by atoms with Crippen LogP contribution in [-0.2, 0) is 4.79 Å². The summed E-state index contributed by atoms with van der Waals surface area (Å²) in [5.74, 6) is 0.702. The maximum absolute atomic E-state index is 13.2. The van der Waals surface area contributed by atoms with E-state index in [1.165, 1.54) is 17.0 Å². The standard InChI is InChI=1S/C24H30FN3OS3/c1-4-27(5-2)14-15-28(24-26-21-13-12-20(30-3)17-22(21)32-24)23(29)7-6-16-31-19-10-8-18(25)9-11-19/h8-13,17H,4-7,14-16H2,1-3H3. The Morgan fingerprint density at radius 1 is 1.06 bits per heavy atom. The molecule has 3 aromatic rings. The lowest BCUT2D eigenvalue weighted by Crippen LogP contribution is -2.38. The van der Waals surface area contributed by atoms with Crippen molar-refractivity contribution in [1.29, 1.82) is 0 Å². The number of carbonyl (C=O) groups excluding carboxylic acids is 1. The van der Waals surface area contributed by atoms with E-state index in [1.54, 1.807) is 47.0 Å². The number of thiazole rings is 1. The van der Waals surface area contributed by atoms with E-state index in [-0.39, 0.29) is 11.7 Å². The number of benzene rings is 2. The fourth-order valence-electron chi connectivity index (χ4n) is 3.32. The minimum absolute atomic E-state index is 0.112. The maximum atomic E-state index is 13.2. The Balaban J connectivity index is 1.67. The van der Waals surface area contributed by atoms with Gasteiger partial charge in [-0.25, -0.2) is 9.37 Å². The molecule has 0 atom stereocenters. The van der Waals surface area contributed by atoms with Crippen LogP contribution < -0.4 is 4.90 Å². The molecule has 1 aromatic heterocycles. The first-order chi connectivity index (χ1) is 15.5. The lowest BCUT2D eigenvalue weighted by atomic mass is 10.3. The molecule has 1 heterocycles. The van der Waals surface area contributed by atoms with Gasteiger partial charge in [-0.2, -0.15) is 0 Å². The fourth-order valence-corrected chi connectivity index (χ4v) is 5.74. The van der Waals surface area contributed by atoms with Gasteiger partial charge in [-0.1, -0.05) is 25.2 Å². The van der Waals surface area contributed by atoms with E-state index in [4.69, 9.17) is 4.98 Å². The second-order valence-electron chi connectivity index (χ2n) is 7.31. The highest BCUT2D eigenvalue weighted by Crippen LogP contribution is 2.32. The smallest absolute Gasteiger partial charge is 0.228 e. The number of halogens is 1. The zero-order valence-corrected chi connectivity index (χ0v) is 21.3. The van der Waals surface area contributed by atoms with Crippen LogP contribution in [0.3, 0.4) is 0 Å². The van der Waals surface area contributed by atoms with Crippen LogP contribution in [0.2, 0.25) is 0 Å². The van der Waals surface area contributed by atoms with Crippen molar-refractivity contribution in [2.75, 3.05) is 43.1 Å². The van der Waals surface area contributed by atoms with Gasteiger partial charge in [0.15, 0.2) is 5.13 Å². The number of carbonyl (C=O) groups is 1. The molecule has 0 unspecified atom stereocenters. The summed E-state index contributed by atoms with van der Waals surface area (Å²) in [5, 5.41) is 0.779. The van der Waals surface area contributed by atoms with E-state index < -0.39 is 0 Å². The Bertz CT molecular complexity index is 1010. The molecule has 0 spiro atoms. The third-order valence-corrected chi connectivity index (χ3v) is 8.13. The molecule has 8 heteroatoms. The highest BCUT2D eigenvalue weighted by atomic mass is 32.2. The molecule has 0 aliphatic rings. The minimum atomic E-state index is -0.228. The lowest BCUT2D eigenvalue weighted by Gasteiger charge is -2.24. The van der Waals surface area contributed by atoms with E-state index in [9.17, 15) is 9.18 Å². The predicted octanol–water partition coefficient (Wildman–Crippen LogP) is 6.40. The van der Waals surface area contributed by atoms with Gasteiger partial charge in [-0.05, 0) is 74.0 Å². The number of fused-ring (bicyclic) bond motifs is 1. The zero-order valence-electron chi connectivity index (χ0n) is 18.8. The van der Waals surface area contributed by atoms with Gasteiger partial charge in [0.1, 0.15) is 5.82 Å². The summed E-state index contributed by atoms with van der Waals surface area (Å²) >= 11 is 4.95. The normalized spacial score (nSPS) is 11.4. The van der Waals surface area contributed by atoms with Crippen molar-refractivity contribution in [3.63, 3.8) is 0 Å². The number of aromatic nitrogens is 1. The third kappa shape index (κ3) is 6.94. The molecule has 4 nitrogen and oxygen atoms in total. The molecule has 172 valence electrons. The van der Waals surface area contributed by atoms with Gasteiger partial charge in [0.25, 0.3) is 0 Å². The molecule has 0 saturated carbocycles. The van der Waals surface area contributed by atoms with Gasteiger partial charge in [-0.3, -0.25) is 9.69 Å². The van der Waals surface area contributed by atoms with Crippen LogP contribution in [0.4, 0.5) is 9.52 Å². The topological polar surface area (TPSA) is 36.4 Å². The molecular formula is C24H30FN3OS3. The molecule has 0 N–H and O–H groups in total. The van der Waals surface area contributed by atoms with Gasteiger partial charge in [0, 0.05) is 29.3 Å². The summed E-state index contributed by atoms with van der Waals surface area (Å²) in [5.41, 5.74) is 0.940. The van der Waals surface area contributed by atoms with Gasteiger partial charge < -0.3 is 4.90 Å². The van der Waals surface area contributed by atoms with Crippen LogP contribution in [0.15, 0.2) is 52.3 Å². The summed E-state index contributed by atoms with van der Waals surface area (Å²) in [4.78, 5) is 24.4. The predicted molar refractivity (Wildman–Crippen MR) is 138 cm³/mol. The Morgan fingerprint density at radius 2 is 1.78 bits per heavy atom. The largest absolute Gasteiger partial charge is 0.302 e. The monoisotopic (exact) mass is 491 g/mol. The Hall–Kier alpha value is -1.61. The van der Waals surface area contributed by atoms with Crippen molar-refractivity contribution in [1.82, 2.24) is 9.88 Å². The lowest BCUT2D eigenvalue weighted by molar-refractivity contribution is -0.118. The number of amides is 1. The summed E-state index contributed by atoms with van der Waals surface area (Å²) in [6.07, 6.45) is 3.30. The minimum Gasteiger partial charge on any atom is -0.302 e. The van der Waals surface area contributed by atoms with Crippen LogP contribution >= 0.6 is 34.9 Å². The number of hydrogen-bond acceptors (Lipinski definition) is 6. The molecule has 0 saturated heterocycles. The molecule has 3 rings (SSSR count). The SMILES string of the molecule is CCN(CC)CCN(C(=O)CCCSc1ccc(F)cc1)c1nc2ccc(SC)cc2s1. The first kappa shape index (κ1) is 25.0. The van der Waals surface area contributed by atoms with Crippen LogP contribution in [0.1, 0.15) is 26.7 Å². The highest BCUT2D eigenvalue weighted by Gasteiger charge is 2.20. The molecule has 0 radical (unpaired) electrons. The summed E-state index contributed by atoms with van der Waals surface area (Å²) in [6, 6.07) is 12.8.